The van der Waals surface area contributed by atoms with Gasteiger partial charge in [0.25, 0.3) is 0 Å². The lowest BCUT2D eigenvalue weighted by Crippen LogP contribution is -2.24. The summed E-state index contributed by atoms with van der Waals surface area (Å²) >= 11 is 0. The molecule has 2 N–H and O–H groups in total. The van der Waals surface area contributed by atoms with E-state index in [9.17, 15) is 29.4 Å². The summed E-state index contributed by atoms with van der Waals surface area (Å²) < 4.78 is 9.53. The molecule has 0 saturated carbocycles. The highest BCUT2D eigenvalue weighted by molar-refractivity contribution is 6.00. The first kappa shape index (κ1) is 21.6. The number of carbonyl (C=O) groups is 4. The molecule has 0 fully saturated rings. The Morgan fingerprint density at radius 2 is 1.04 bits per heavy atom. The molecule has 0 aromatic heterocycles. The molecule has 8 heteroatoms. The van der Waals surface area contributed by atoms with Gasteiger partial charge >= 0.3 is 23.9 Å². The van der Waals surface area contributed by atoms with E-state index in [2.05, 4.69) is 0 Å². The molecule has 2 unspecified atom stereocenters. The lowest BCUT2D eigenvalue weighted by atomic mass is 9.86. The number of aliphatic carboxylic acids is 2. The van der Waals surface area contributed by atoms with Gasteiger partial charge in [-0.2, -0.15) is 0 Å². The predicted octanol–water partition coefficient (Wildman–Crippen LogP) is 1.63. The zero-order valence-corrected chi connectivity index (χ0v) is 14.3. The molecule has 0 aromatic rings. The van der Waals surface area contributed by atoms with Crippen LogP contribution >= 0.6 is 0 Å². The summed E-state index contributed by atoms with van der Waals surface area (Å²) in [6.45, 7) is 6.37. The van der Waals surface area contributed by atoms with Crippen molar-refractivity contribution in [3.8, 4) is 0 Å². The van der Waals surface area contributed by atoms with Gasteiger partial charge in [0.2, 0.25) is 0 Å². The van der Waals surface area contributed by atoms with E-state index in [1.807, 2.05) is 0 Å². The molecule has 0 amide bonds. The van der Waals surface area contributed by atoms with Gasteiger partial charge in [-0.15, -0.1) is 0 Å². The van der Waals surface area contributed by atoms with Crippen molar-refractivity contribution in [1.29, 1.82) is 0 Å². The lowest BCUT2D eigenvalue weighted by molar-refractivity contribution is -0.145. The average molecular weight is 344 g/mol. The molecule has 0 bridgehead atoms. The topological polar surface area (TPSA) is 127 Å². The lowest BCUT2D eigenvalue weighted by Gasteiger charge is -2.19. The van der Waals surface area contributed by atoms with E-state index in [-0.39, 0.29) is 26.1 Å². The van der Waals surface area contributed by atoms with Crippen LogP contribution in [0.2, 0.25) is 0 Å². The summed E-state index contributed by atoms with van der Waals surface area (Å²) in [6.07, 6.45) is -0.531. The van der Waals surface area contributed by atoms with Crippen LogP contribution in [-0.4, -0.2) is 47.3 Å². The van der Waals surface area contributed by atoms with Gasteiger partial charge < -0.3 is 19.7 Å². The summed E-state index contributed by atoms with van der Waals surface area (Å²) in [5.74, 6) is -5.88. The minimum atomic E-state index is -1.44. The maximum absolute atomic E-state index is 11.6. The van der Waals surface area contributed by atoms with E-state index in [0.29, 0.717) is 0 Å². The summed E-state index contributed by atoms with van der Waals surface area (Å²) in [5, 5.41) is 18.8. The molecule has 0 rings (SSSR count). The Labute approximate surface area is 140 Å². The zero-order chi connectivity index (χ0) is 18.9. The maximum Gasteiger partial charge on any atom is 0.332 e. The van der Waals surface area contributed by atoms with Gasteiger partial charge in [0, 0.05) is 0 Å². The first-order valence-corrected chi connectivity index (χ1v) is 7.67. The molecule has 136 valence electrons. The van der Waals surface area contributed by atoms with Crippen molar-refractivity contribution in [3.63, 3.8) is 0 Å². The van der Waals surface area contributed by atoms with Gasteiger partial charge in [0.05, 0.1) is 37.2 Å². The summed E-state index contributed by atoms with van der Waals surface area (Å²) in [5.41, 5.74) is -0.820. The van der Waals surface area contributed by atoms with Gasteiger partial charge in [0.1, 0.15) is 0 Å². The molecule has 2 atom stereocenters. The van der Waals surface area contributed by atoms with Crippen LogP contribution in [0.15, 0.2) is 11.1 Å². The Morgan fingerprint density at radius 1 is 0.750 bits per heavy atom. The third-order valence-electron chi connectivity index (χ3n) is 3.29. The third kappa shape index (κ3) is 6.80. The molecular formula is C16H24O8. The molecule has 0 saturated heterocycles. The number of carboxylic acids is 2. The van der Waals surface area contributed by atoms with Crippen molar-refractivity contribution in [2.75, 3.05) is 13.2 Å². The second kappa shape index (κ2) is 10.4. The normalized spacial score (nSPS) is 14.2. The van der Waals surface area contributed by atoms with E-state index >= 15 is 0 Å². The highest BCUT2D eigenvalue weighted by Gasteiger charge is 2.31. The smallest absolute Gasteiger partial charge is 0.332 e. The molecule has 24 heavy (non-hydrogen) atoms. The first-order chi connectivity index (χ1) is 11.1. The van der Waals surface area contributed by atoms with E-state index in [0.717, 1.165) is 0 Å². The molecule has 0 radical (unpaired) electrons. The number of ether oxygens (including phenoxy) is 2. The Hall–Kier alpha value is -2.38. The quantitative estimate of drug-likeness (QED) is 0.452. The van der Waals surface area contributed by atoms with E-state index in [1.54, 1.807) is 13.8 Å². The molecule has 8 nitrogen and oxygen atoms in total. The maximum atomic E-state index is 11.6. The average Bonchev–Trinajstić information content (AvgIpc) is 2.43. The van der Waals surface area contributed by atoms with Crippen LogP contribution in [0, 0.1) is 11.8 Å². The predicted molar refractivity (Wildman–Crippen MR) is 83.1 cm³/mol. The van der Waals surface area contributed by atoms with Gasteiger partial charge in [-0.3, -0.25) is 9.59 Å². The standard InChI is InChI=1S/C16H24O8/c1-5-23-11(17)7-9(3)13(15(19)20)14(16(21)22)10(4)8-12(18)24-6-2/h9-10H,5-8H2,1-4H3,(H,19,20)(H,21,22)/b14-13-. The Morgan fingerprint density at radius 3 is 1.25 bits per heavy atom. The van der Waals surface area contributed by atoms with Gasteiger partial charge in [-0.25, -0.2) is 9.59 Å². The van der Waals surface area contributed by atoms with Gasteiger partial charge in [-0.05, 0) is 25.7 Å². The van der Waals surface area contributed by atoms with Crippen LogP contribution in [-0.2, 0) is 28.7 Å². The van der Waals surface area contributed by atoms with Crippen molar-refractivity contribution in [2.24, 2.45) is 11.8 Å². The molecule has 0 aromatic carbocycles. The Balaban J connectivity index is 5.65. The number of esters is 2. The fourth-order valence-electron chi connectivity index (χ4n) is 2.33. The molecule has 0 aliphatic carbocycles. The second-order valence-electron chi connectivity index (χ2n) is 5.26. The number of hydrogen-bond acceptors (Lipinski definition) is 6. The van der Waals surface area contributed by atoms with Crippen molar-refractivity contribution < 1.29 is 38.9 Å². The Kier molecular flexibility index (Phi) is 9.37. The monoisotopic (exact) mass is 344 g/mol. The van der Waals surface area contributed by atoms with Crippen LogP contribution in [0.3, 0.4) is 0 Å². The Bertz CT molecular complexity index is 474. The minimum absolute atomic E-state index is 0.142. The summed E-state index contributed by atoms with van der Waals surface area (Å²) in [7, 11) is 0. The number of rotatable bonds is 10. The molecule has 0 spiro atoms. The summed E-state index contributed by atoms with van der Waals surface area (Å²) in [4.78, 5) is 46.2. The second-order valence-corrected chi connectivity index (χ2v) is 5.26. The van der Waals surface area contributed by atoms with Crippen LogP contribution in [0.4, 0.5) is 0 Å². The van der Waals surface area contributed by atoms with E-state index < -0.39 is 46.9 Å². The minimum Gasteiger partial charge on any atom is -0.478 e. The number of hydrogen-bond donors (Lipinski definition) is 2. The third-order valence-corrected chi connectivity index (χ3v) is 3.29. The van der Waals surface area contributed by atoms with Gasteiger partial charge in [0.15, 0.2) is 0 Å². The van der Waals surface area contributed by atoms with Crippen molar-refractivity contribution >= 4 is 23.9 Å². The molecule has 0 aliphatic rings. The van der Waals surface area contributed by atoms with Crippen LogP contribution in [0.25, 0.3) is 0 Å². The van der Waals surface area contributed by atoms with Crippen LogP contribution < -0.4 is 0 Å². The van der Waals surface area contributed by atoms with Gasteiger partial charge in [-0.1, -0.05) is 13.8 Å². The number of carbonyl (C=O) groups excluding carboxylic acids is 2. The largest absolute Gasteiger partial charge is 0.478 e. The first-order valence-electron chi connectivity index (χ1n) is 7.67. The van der Waals surface area contributed by atoms with E-state index in [4.69, 9.17) is 9.47 Å². The van der Waals surface area contributed by atoms with E-state index in [1.165, 1.54) is 13.8 Å². The van der Waals surface area contributed by atoms with Crippen LogP contribution in [0.1, 0.15) is 40.5 Å². The highest BCUT2D eigenvalue weighted by Crippen LogP contribution is 2.27. The zero-order valence-electron chi connectivity index (χ0n) is 14.3. The molecule has 0 aliphatic heterocycles. The molecular weight excluding hydrogens is 320 g/mol. The molecule has 0 heterocycles. The van der Waals surface area contributed by atoms with Crippen molar-refractivity contribution in [3.05, 3.63) is 11.1 Å². The fourth-order valence-corrected chi connectivity index (χ4v) is 2.33. The van der Waals surface area contributed by atoms with Crippen molar-refractivity contribution in [1.82, 2.24) is 0 Å². The van der Waals surface area contributed by atoms with Crippen molar-refractivity contribution in [2.45, 2.75) is 40.5 Å². The van der Waals surface area contributed by atoms with Crippen LogP contribution in [0.5, 0.6) is 0 Å². The highest BCUT2D eigenvalue weighted by atomic mass is 16.5. The SMILES string of the molecule is CCOC(=O)CC(C)/C(C(=O)O)=C(/C(=O)O)C(C)CC(=O)OCC. The number of carboxylic acid groups (broad SMARTS) is 2. The summed E-state index contributed by atoms with van der Waals surface area (Å²) in [6, 6.07) is 0. The fraction of sp³-hybridized carbons (Fsp3) is 0.625.